The van der Waals surface area contributed by atoms with Gasteiger partial charge in [-0.15, -0.1) is 5.10 Å². The molecule has 0 aliphatic rings. The first-order valence-electron chi connectivity index (χ1n) is 4.95. The predicted molar refractivity (Wildman–Crippen MR) is 62.8 cm³/mol. The second-order valence-electron chi connectivity index (χ2n) is 3.61. The van der Waals surface area contributed by atoms with Gasteiger partial charge in [-0.2, -0.15) is 0 Å². The van der Waals surface area contributed by atoms with Gasteiger partial charge in [0.1, 0.15) is 5.75 Å². The molecule has 0 saturated heterocycles. The summed E-state index contributed by atoms with van der Waals surface area (Å²) in [4.78, 5) is 11.2. The number of hydrogen-bond donors (Lipinski definition) is 3. The summed E-state index contributed by atoms with van der Waals surface area (Å²) >= 11 is 0. The van der Waals surface area contributed by atoms with Gasteiger partial charge < -0.3 is 16.2 Å². The van der Waals surface area contributed by atoms with Gasteiger partial charge in [0.15, 0.2) is 0 Å². The van der Waals surface area contributed by atoms with Gasteiger partial charge >= 0.3 is 0 Å². The number of nitrogens with one attached hydrogen (secondary N) is 1. The fourth-order valence-corrected chi connectivity index (χ4v) is 1.39. The van der Waals surface area contributed by atoms with Crippen molar-refractivity contribution >= 4 is 11.6 Å². The second-order valence-corrected chi connectivity index (χ2v) is 3.61. The van der Waals surface area contributed by atoms with Crippen LogP contribution in [0.1, 0.15) is 16.1 Å². The molecule has 1 aromatic heterocycles. The van der Waals surface area contributed by atoms with Crippen LogP contribution in [-0.4, -0.2) is 16.1 Å². The first kappa shape index (κ1) is 11.0. The molecule has 0 atom stereocenters. The summed E-state index contributed by atoms with van der Waals surface area (Å²) in [5, 5.41) is 6.64. The van der Waals surface area contributed by atoms with Gasteiger partial charge in [-0.05, 0) is 25.1 Å². The highest BCUT2D eigenvalue weighted by atomic mass is 16.5. The number of anilines is 1. The number of ether oxygens (including phenoxy) is 1. The maximum absolute atomic E-state index is 11.2. The molecule has 0 unspecified atom stereocenters. The van der Waals surface area contributed by atoms with Gasteiger partial charge in [-0.25, -0.2) is 0 Å². The van der Waals surface area contributed by atoms with Gasteiger partial charge in [0.25, 0.3) is 5.91 Å². The van der Waals surface area contributed by atoms with E-state index in [-0.39, 0.29) is 5.56 Å². The zero-order valence-corrected chi connectivity index (χ0v) is 9.23. The van der Waals surface area contributed by atoms with Crippen molar-refractivity contribution in [3.8, 4) is 11.6 Å². The molecule has 1 heterocycles. The van der Waals surface area contributed by atoms with Gasteiger partial charge in [0.2, 0.25) is 5.88 Å². The Labute approximate surface area is 97.6 Å². The van der Waals surface area contributed by atoms with Gasteiger partial charge in [-0.3, -0.25) is 9.89 Å². The maximum Gasteiger partial charge on any atom is 0.252 e. The standard InChI is InChI=1S/C11H12N4O2/c1-6-4-10(15-14-6)17-9-3-2-7(12)5-8(9)11(13)16/h2-5H,12H2,1H3,(H2,13,16)(H,14,15). The summed E-state index contributed by atoms with van der Waals surface area (Å²) in [5.41, 5.74) is 12.4. The van der Waals surface area contributed by atoms with E-state index in [0.717, 1.165) is 5.69 Å². The molecule has 0 aliphatic heterocycles. The minimum Gasteiger partial charge on any atom is -0.437 e. The number of rotatable bonds is 3. The Morgan fingerprint density at radius 3 is 2.76 bits per heavy atom. The number of hydrogen-bond acceptors (Lipinski definition) is 4. The van der Waals surface area contributed by atoms with Crippen molar-refractivity contribution in [2.75, 3.05) is 5.73 Å². The van der Waals surface area contributed by atoms with Crippen LogP contribution in [0.4, 0.5) is 5.69 Å². The van der Waals surface area contributed by atoms with Crippen LogP contribution in [0.5, 0.6) is 11.6 Å². The van der Waals surface area contributed by atoms with E-state index in [4.69, 9.17) is 16.2 Å². The van der Waals surface area contributed by atoms with Crippen molar-refractivity contribution in [2.24, 2.45) is 5.73 Å². The second kappa shape index (κ2) is 4.17. The summed E-state index contributed by atoms with van der Waals surface area (Å²) in [6.07, 6.45) is 0. The molecule has 1 aromatic carbocycles. The number of nitrogens with zero attached hydrogens (tertiary/aromatic N) is 1. The molecule has 2 rings (SSSR count). The quantitative estimate of drug-likeness (QED) is 0.691. The Kier molecular flexibility index (Phi) is 2.70. The molecular formula is C11H12N4O2. The molecule has 5 N–H and O–H groups in total. The lowest BCUT2D eigenvalue weighted by atomic mass is 10.1. The number of carbonyl (C=O) groups excluding carboxylic acids is 1. The van der Waals surface area contributed by atoms with Crippen molar-refractivity contribution in [3.63, 3.8) is 0 Å². The number of carbonyl (C=O) groups is 1. The lowest BCUT2D eigenvalue weighted by Gasteiger charge is -2.07. The van der Waals surface area contributed by atoms with E-state index in [2.05, 4.69) is 10.2 Å². The molecule has 0 bridgehead atoms. The number of amides is 1. The topological polar surface area (TPSA) is 107 Å². The van der Waals surface area contributed by atoms with Crippen LogP contribution in [0.2, 0.25) is 0 Å². The van der Waals surface area contributed by atoms with Gasteiger partial charge in [-0.1, -0.05) is 0 Å². The lowest BCUT2D eigenvalue weighted by Crippen LogP contribution is -2.12. The largest absolute Gasteiger partial charge is 0.437 e. The van der Waals surface area contributed by atoms with E-state index < -0.39 is 5.91 Å². The zero-order chi connectivity index (χ0) is 12.4. The molecule has 0 saturated carbocycles. The Hall–Kier alpha value is -2.50. The highest BCUT2D eigenvalue weighted by Crippen LogP contribution is 2.25. The van der Waals surface area contributed by atoms with Gasteiger partial charge in [0.05, 0.1) is 5.56 Å². The fraction of sp³-hybridized carbons (Fsp3) is 0.0909. The minimum absolute atomic E-state index is 0.227. The van der Waals surface area contributed by atoms with Crippen LogP contribution in [0.15, 0.2) is 24.3 Å². The summed E-state index contributed by atoms with van der Waals surface area (Å²) in [6.45, 7) is 1.85. The monoisotopic (exact) mass is 232 g/mol. The highest BCUT2D eigenvalue weighted by molar-refractivity contribution is 5.96. The van der Waals surface area contributed by atoms with E-state index >= 15 is 0 Å². The molecule has 0 aliphatic carbocycles. The predicted octanol–water partition coefficient (Wildman–Crippen LogP) is 1.19. The third kappa shape index (κ3) is 2.36. The Bertz CT molecular complexity index is 562. The van der Waals surface area contributed by atoms with E-state index in [1.54, 1.807) is 18.2 Å². The van der Waals surface area contributed by atoms with E-state index in [0.29, 0.717) is 17.3 Å². The molecule has 6 nitrogen and oxygen atoms in total. The number of nitrogen functional groups attached to an aromatic ring is 1. The Balaban J connectivity index is 2.35. The molecule has 0 fully saturated rings. The molecule has 6 heteroatoms. The normalized spacial score (nSPS) is 10.2. The van der Waals surface area contributed by atoms with Crippen LogP contribution in [0.25, 0.3) is 0 Å². The summed E-state index contributed by atoms with van der Waals surface area (Å²) in [5.74, 6) is 0.104. The number of aromatic nitrogens is 2. The summed E-state index contributed by atoms with van der Waals surface area (Å²) in [7, 11) is 0. The molecule has 1 amide bonds. The van der Waals surface area contributed by atoms with Gasteiger partial charge in [0, 0.05) is 17.4 Å². The molecule has 17 heavy (non-hydrogen) atoms. The Morgan fingerprint density at radius 2 is 2.18 bits per heavy atom. The highest BCUT2D eigenvalue weighted by Gasteiger charge is 2.11. The Morgan fingerprint density at radius 1 is 1.41 bits per heavy atom. The van der Waals surface area contributed by atoms with Crippen LogP contribution in [0.3, 0.4) is 0 Å². The average Bonchev–Trinajstić information content (AvgIpc) is 2.66. The van der Waals surface area contributed by atoms with Crippen LogP contribution >= 0.6 is 0 Å². The number of aryl methyl sites for hydroxylation is 1. The van der Waals surface area contributed by atoms with Crippen LogP contribution in [-0.2, 0) is 0 Å². The molecule has 2 aromatic rings. The fourth-order valence-electron chi connectivity index (χ4n) is 1.39. The number of nitrogens with two attached hydrogens (primary N) is 2. The minimum atomic E-state index is -0.598. The third-order valence-corrected chi connectivity index (χ3v) is 2.17. The van der Waals surface area contributed by atoms with Crippen molar-refractivity contribution in [1.29, 1.82) is 0 Å². The van der Waals surface area contributed by atoms with Crippen molar-refractivity contribution in [2.45, 2.75) is 6.92 Å². The summed E-state index contributed by atoms with van der Waals surface area (Å²) in [6, 6.07) is 6.39. The van der Waals surface area contributed by atoms with E-state index in [9.17, 15) is 4.79 Å². The van der Waals surface area contributed by atoms with Crippen molar-refractivity contribution in [3.05, 3.63) is 35.5 Å². The van der Waals surface area contributed by atoms with Crippen molar-refractivity contribution in [1.82, 2.24) is 10.2 Å². The molecule has 0 spiro atoms. The van der Waals surface area contributed by atoms with Crippen LogP contribution in [0, 0.1) is 6.92 Å². The molecule has 0 radical (unpaired) electrons. The van der Waals surface area contributed by atoms with Crippen molar-refractivity contribution < 1.29 is 9.53 Å². The van der Waals surface area contributed by atoms with E-state index in [1.807, 2.05) is 6.92 Å². The zero-order valence-electron chi connectivity index (χ0n) is 9.23. The number of H-pyrrole nitrogens is 1. The number of aromatic amines is 1. The number of primary amides is 1. The molecule has 88 valence electrons. The first-order chi connectivity index (χ1) is 8.06. The van der Waals surface area contributed by atoms with Crippen LogP contribution < -0.4 is 16.2 Å². The maximum atomic E-state index is 11.2. The SMILES string of the molecule is Cc1cc(Oc2ccc(N)cc2C(N)=O)n[nH]1. The third-order valence-electron chi connectivity index (χ3n) is 2.17. The lowest BCUT2D eigenvalue weighted by molar-refractivity contribution is 0.0998. The summed E-state index contributed by atoms with van der Waals surface area (Å²) < 4.78 is 5.45. The van der Waals surface area contributed by atoms with E-state index in [1.165, 1.54) is 6.07 Å². The molecular weight excluding hydrogens is 220 g/mol. The smallest absolute Gasteiger partial charge is 0.252 e. The first-order valence-corrected chi connectivity index (χ1v) is 4.95. The number of benzene rings is 1. The average molecular weight is 232 g/mol.